The average molecular weight is 398 g/mol. The molecule has 0 saturated carbocycles. The van der Waals surface area contributed by atoms with Gasteiger partial charge < -0.3 is 4.90 Å². The van der Waals surface area contributed by atoms with Crippen LogP contribution in [0.4, 0.5) is 5.82 Å². The number of pyridine rings is 1. The molecule has 5 rings (SSSR count). The Balaban J connectivity index is 1.27. The third kappa shape index (κ3) is 3.66. The number of benzene rings is 1. The molecule has 0 N–H and O–H groups in total. The molecule has 0 bridgehead atoms. The van der Waals surface area contributed by atoms with Gasteiger partial charge in [-0.25, -0.2) is 4.98 Å². The normalized spacial score (nSPS) is 14.9. The first-order valence-electron chi connectivity index (χ1n) is 10.2. The lowest BCUT2D eigenvalue weighted by molar-refractivity contribution is 0.350. The standard InChI is InChI=1S/C23H22N6O/c30-22-13-21(18-5-9-24-10-6-18)25-16-29(22)15-17-7-11-28(12-8-17)23-20-4-2-1-3-19(20)14-26-27-23/h1-6,9-10,13-14,16-17H,7-8,11-12,15H2. The maximum atomic E-state index is 12.6. The zero-order chi connectivity index (χ0) is 20.3. The van der Waals surface area contributed by atoms with E-state index in [0.29, 0.717) is 18.2 Å². The molecular formula is C23H22N6O. The van der Waals surface area contributed by atoms with Crippen molar-refractivity contribution in [2.45, 2.75) is 19.4 Å². The molecule has 1 fully saturated rings. The first-order valence-corrected chi connectivity index (χ1v) is 10.2. The first kappa shape index (κ1) is 18.4. The third-order valence-corrected chi connectivity index (χ3v) is 5.78. The maximum Gasteiger partial charge on any atom is 0.253 e. The summed E-state index contributed by atoms with van der Waals surface area (Å²) in [5.74, 6) is 1.39. The van der Waals surface area contributed by atoms with Gasteiger partial charge in [0.25, 0.3) is 5.56 Å². The topological polar surface area (TPSA) is 76.8 Å². The number of aromatic nitrogens is 5. The molecule has 7 heteroatoms. The van der Waals surface area contributed by atoms with Crippen molar-refractivity contribution in [3.63, 3.8) is 0 Å². The Kier molecular flexibility index (Phi) is 4.93. The molecule has 0 aliphatic carbocycles. The summed E-state index contributed by atoms with van der Waals surface area (Å²) in [4.78, 5) is 23.4. The minimum absolute atomic E-state index is 0.0147. The molecule has 150 valence electrons. The van der Waals surface area contributed by atoms with Crippen molar-refractivity contribution in [3.05, 3.63) is 77.7 Å². The number of rotatable bonds is 4. The molecule has 1 saturated heterocycles. The van der Waals surface area contributed by atoms with Crippen molar-refractivity contribution < 1.29 is 0 Å². The summed E-state index contributed by atoms with van der Waals surface area (Å²) in [6, 6.07) is 13.5. The average Bonchev–Trinajstić information content (AvgIpc) is 2.81. The van der Waals surface area contributed by atoms with Crippen LogP contribution in [0.5, 0.6) is 0 Å². The van der Waals surface area contributed by atoms with E-state index in [1.54, 1.807) is 35.6 Å². The monoisotopic (exact) mass is 398 g/mol. The van der Waals surface area contributed by atoms with Gasteiger partial charge in [0, 0.05) is 54.4 Å². The SMILES string of the molecule is O=c1cc(-c2ccncc2)ncn1CC1CCN(c2nncc3ccccc23)CC1. The van der Waals surface area contributed by atoms with Gasteiger partial charge >= 0.3 is 0 Å². The summed E-state index contributed by atoms with van der Waals surface area (Å²) < 4.78 is 1.72. The Morgan fingerprint density at radius 1 is 1.03 bits per heavy atom. The summed E-state index contributed by atoms with van der Waals surface area (Å²) in [6.45, 7) is 2.51. The van der Waals surface area contributed by atoms with Crippen molar-refractivity contribution in [3.8, 4) is 11.3 Å². The highest BCUT2D eigenvalue weighted by Crippen LogP contribution is 2.28. The predicted molar refractivity (Wildman–Crippen MR) is 116 cm³/mol. The van der Waals surface area contributed by atoms with Crippen LogP contribution in [0.1, 0.15) is 12.8 Å². The smallest absolute Gasteiger partial charge is 0.253 e. The van der Waals surface area contributed by atoms with Crippen molar-refractivity contribution >= 4 is 16.6 Å². The van der Waals surface area contributed by atoms with E-state index in [1.165, 1.54) is 0 Å². The van der Waals surface area contributed by atoms with E-state index < -0.39 is 0 Å². The predicted octanol–water partition coefficient (Wildman–Crippen LogP) is 3.17. The number of anilines is 1. The van der Waals surface area contributed by atoms with Crippen LogP contribution >= 0.6 is 0 Å². The second kappa shape index (κ2) is 8.02. The van der Waals surface area contributed by atoms with E-state index >= 15 is 0 Å². The van der Waals surface area contributed by atoms with Crippen LogP contribution < -0.4 is 10.5 Å². The van der Waals surface area contributed by atoms with Gasteiger partial charge in [-0.05, 0) is 30.9 Å². The molecule has 0 unspecified atom stereocenters. The highest BCUT2D eigenvalue weighted by Gasteiger charge is 2.22. The van der Waals surface area contributed by atoms with Crippen LogP contribution in [0.3, 0.4) is 0 Å². The Bertz CT molecular complexity index is 1210. The minimum Gasteiger partial charge on any atom is -0.355 e. The van der Waals surface area contributed by atoms with Gasteiger partial charge in [-0.15, -0.1) is 5.10 Å². The fraction of sp³-hybridized carbons (Fsp3) is 0.261. The van der Waals surface area contributed by atoms with Crippen LogP contribution in [0.2, 0.25) is 0 Å². The molecule has 4 heterocycles. The van der Waals surface area contributed by atoms with Gasteiger partial charge in [-0.3, -0.25) is 14.3 Å². The molecule has 30 heavy (non-hydrogen) atoms. The van der Waals surface area contributed by atoms with Crippen molar-refractivity contribution in [2.75, 3.05) is 18.0 Å². The van der Waals surface area contributed by atoms with Gasteiger partial charge in [0.15, 0.2) is 5.82 Å². The van der Waals surface area contributed by atoms with Crippen LogP contribution in [0.25, 0.3) is 22.0 Å². The number of fused-ring (bicyclic) bond motifs is 1. The number of hydrogen-bond donors (Lipinski definition) is 0. The third-order valence-electron chi connectivity index (χ3n) is 5.78. The Labute approximate surface area is 174 Å². The summed E-state index contributed by atoms with van der Waals surface area (Å²) in [5, 5.41) is 10.8. The number of nitrogens with zero attached hydrogens (tertiary/aromatic N) is 6. The molecule has 0 radical (unpaired) electrons. The first-order chi connectivity index (χ1) is 14.8. The van der Waals surface area contributed by atoms with Crippen molar-refractivity contribution in [2.24, 2.45) is 5.92 Å². The van der Waals surface area contributed by atoms with Gasteiger partial charge in [0.1, 0.15) is 0 Å². The van der Waals surface area contributed by atoms with Crippen molar-refractivity contribution in [1.29, 1.82) is 0 Å². The highest BCUT2D eigenvalue weighted by atomic mass is 16.1. The lowest BCUT2D eigenvalue weighted by Gasteiger charge is -2.33. The molecule has 3 aromatic heterocycles. The fourth-order valence-corrected chi connectivity index (χ4v) is 4.10. The molecular weight excluding hydrogens is 376 g/mol. The minimum atomic E-state index is -0.0147. The van der Waals surface area contributed by atoms with Gasteiger partial charge in [0.05, 0.1) is 18.2 Å². The molecule has 4 aromatic rings. The number of hydrogen-bond acceptors (Lipinski definition) is 6. The van der Waals surface area contributed by atoms with Crippen LogP contribution in [-0.2, 0) is 6.54 Å². The van der Waals surface area contributed by atoms with Crippen LogP contribution in [-0.4, -0.2) is 37.8 Å². The lowest BCUT2D eigenvalue weighted by atomic mass is 9.96. The molecule has 7 nitrogen and oxygen atoms in total. The largest absolute Gasteiger partial charge is 0.355 e. The summed E-state index contributed by atoms with van der Waals surface area (Å²) in [7, 11) is 0. The van der Waals surface area contributed by atoms with E-state index in [0.717, 1.165) is 48.1 Å². The Hall–Kier alpha value is -3.61. The van der Waals surface area contributed by atoms with E-state index in [9.17, 15) is 4.79 Å². The number of piperidine rings is 1. The summed E-state index contributed by atoms with van der Waals surface area (Å²) in [6.07, 6.45) is 8.89. The second-order valence-electron chi connectivity index (χ2n) is 7.69. The van der Waals surface area contributed by atoms with E-state index in [2.05, 4.69) is 37.2 Å². The van der Waals surface area contributed by atoms with E-state index in [-0.39, 0.29) is 5.56 Å². The maximum absolute atomic E-state index is 12.6. The van der Waals surface area contributed by atoms with E-state index in [1.807, 2.05) is 24.3 Å². The molecule has 1 aliphatic heterocycles. The van der Waals surface area contributed by atoms with Gasteiger partial charge in [-0.1, -0.05) is 24.3 Å². The lowest BCUT2D eigenvalue weighted by Crippen LogP contribution is -2.37. The summed E-state index contributed by atoms with van der Waals surface area (Å²) >= 11 is 0. The quantitative estimate of drug-likeness (QED) is 0.526. The van der Waals surface area contributed by atoms with Crippen LogP contribution in [0, 0.1) is 5.92 Å². The molecule has 0 spiro atoms. The molecule has 0 atom stereocenters. The van der Waals surface area contributed by atoms with Gasteiger partial charge in [-0.2, -0.15) is 5.10 Å². The Morgan fingerprint density at radius 3 is 2.63 bits per heavy atom. The fourth-order valence-electron chi connectivity index (χ4n) is 4.10. The molecule has 1 aliphatic rings. The Morgan fingerprint density at radius 2 is 1.83 bits per heavy atom. The zero-order valence-electron chi connectivity index (χ0n) is 16.6. The summed E-state index contributed by atoms with van der Waals surface area (Å²) in [5.41, 5.74) is 1.57. The zero-order valence-corrected chi connectivity index (χ0v) is 16.6. The highest BCUT2D eigenvalue weighted by molar-refractivity contribution is 5.91. The molecule has 1 aromatic carbocycles. The van der Waals surface area contributed by atoms with Crippen LogP contribution in [0.15, 0.2) is 72.2 Å². The molecule has 0 amide bonds. The second-order valence-corrected chi connectivity index (χ2v) is 7.69. The van der Waals surface area contributed by atoms with E-state index in [4.69, 9.17) is 0 Å². The van der Waals surface area contributed by atoms with Gasteiger partial charge in [0.2, 0.25) is 0 Å². The van der Waals surface area contributed by atoms with Crippen molar-refractivity contribution in [1.82, 2.24) is 24.7 Å².